The number of hydrogen-bond acceptors (Lipinski definition) is 2. The molecule has 2 rings (SSSR count). The molecule has 0 bridgehead atoms. The van der Waals surface area contributed by atoms with Gasteiger partial charge in [-0.05, 0) is 48.2 Å². The lowest BCUT2D eigenvalue weighted by Crippen LogP contribution is -2.23. The van der Waals surface area contributed by atoms with Crippen molar-refractivity contribution in [2.75, 3.05) is 11.6 Å². The predicted molar refractivity (Wildman–Crippen MR) is 90.9 cm³/mol. The molecule has 0 atom stereocenters. The molecule has 0 radical (unpaired) electrons. The minimum atomic E-state index is -0.279. The number of anilines is 1. The molecule has 2 amide bonds. The number of carbonyl (C=O) groups excluding carboxylic acids is 1. The third-order valence-corrected chi connectivity index (χ3v) is 3.67. The van der Waals surface area contributed by atoms with E-state index in [9.17, 15) is 4.79 Å². The van der Waals surface area contributed by atoms with Gasteiger partial charge in [-0.25, -0.2) is 4.79 Å². The molecule has 0 heterocycles. The van der Waals surface area contributed by atoms with Gasteiger partial charge in [0.05, 0.1) is 0 Å². The molecule has 3 nitrogen and oxygen atoms in total. The summed E-state index contributed by atoms with van der Waals surface area (Å²) < 4.78 is 0. The molecule has 0 aromatic heterocycles. The van der Waals surface area contributed by atoms with E-state index >= 15 is 0 Å². The van der Waals surface area contributed by atoms with Crippen LogP contribution in [0.5, 0.6) is 0 Å². The fourth-order valence-corrected chi connectivity index (χ4v) is 2.24. The van der Waals surface area contributed by atoms with E-state index in [1.807, 2.05) is 42.7 Å². The van der Waals surface area contributed by atoms with Crippen LogP contribution < -0.4 is 10.6 Å². The Hall–Kier alpha value is -1.91. The lowest BCUT2D eigenvalue weighted by molar-refractivity contribution is 0.255. The van der Waals surface area contributed by atoms with E-state index in [1.54, 1.807) is 36.2 Å². The van der Waals surface area contributed by atoms with Crippen molar-refractivity contribution in [1.82, 2.24) is 5.32 Å². The monoisotopic (exact) mass is 318 g/mol. The molecule has 2 aromatic rings. The molecule has 2 aromatic carbocycles. The predicted octanol–water partition coefficient (Wildman–Crippen LogP) is 4.85. The normalized spacial score (nSPS) is 10.6. The summed E-state index contributed by atoms with van der Waals surface area (Å²) in [6.07, 6.45) is 5.39. The fourth-order valence-electron chi connectivity index (χ4n) is 1.66. The number of urea groups is 1. The van der Waals surface area contributed by atoms with E-state index in [-0.39, 0.29) is 6.03 Å². The molecule has 0 saturated heterocycles. The van der Waals surface area contributed by atoms with Gasteiger partial charge < -0.3 is 10.6 Å². The molecule has 0 fully saturated rings. The highest BCUT2D eigenvalue weighted by Gasteiger charge is 1.99. The molecule has 0 aliphatic rings. The van der Waals surface area contributed by atoms with Gasteiger partial charge in [-0.3, -0.25) is 0 Å². The minimum Gasteiger partial charge on any atom is -0.314 e. The Kier molecular flexibility index (Phi) is 5.72. The van der Waals surface area contributed by atoms with Gasteiger partial charge in [0, 0.05) is 21.8 Å². The minimum absolute atomic E-state index is 0.279. The SMILES string of the molecule is CSc1cccc(NC(=O)N/C=C/c2ccc(Cl)cc2)c1. The number of hydrogen-bond donors (Lipinski definition) is 2. The van der Waals surface area contributed by atoms with E-state index in [0.29, 0.717) is 5.02 Å². The highest BCUT2D eigenvalue weighted by Crippen LogP contribution is 2.18. The summed E-state index contributed by atoms with van der Waals surface area (Å²) in [5, 5.41) is 6.12. The topological polar surface area (TPSA) is 41.1 Å². The van der Waals surface area contributed by atoms with Crippen LogP contribution in [0.3, 0.4) is 0 Å². The Morgan fingerprint density at radius 1 is 1.19 bits per heavy atom. The van der Waals surface area contributed by atoms with Crippen LogP contribution in [0.1, 0.15) is 5.56 Å². The van der Waals surface area contributed by atoms with Gasteiger partial charge in [-0.15, -0.1) is 11.8 Å². The highest BCUT2D eigenvalue weighted by molar-refractivity contribution is 7.98. The summed E-state index contributed by atoms with van der Waals surface area (Å²) in [5.41, 5.74) is 1.73. The number of amides is 2. The maximum Gasteiger partial charge on any atom is 0.323 e. The Morgan fingerprint density at radius 3 is 2.67 bits per heavy atom. The molecule has 2 N–H and O–H groups in total. The average molecular weight is 319 g/mol. The van der Waals surface area contributed by atoms with Crippen molar-refractivity contribution in [3.8, 4) is 0 Å². The number of nitrogens with one attached hydrogen (secondary N) is 2. The molecule has 0 aliphatic heterocycles. The zero-order chi connectivity index (χ0) is 15.1. The molecular formula is C16H15ClN2OS. The van der Waals surface area contributed by atoms with Crippen molar-refractivity contribution in [1.29, 1.82) is 0 Å². The van der Waals surface area contributed by atoms with Crippen molar-refractivity contribution in [3.63, 3.8) is 0 Å². The van der Waals surface area contributed by atoms with Crippen LogP contribution in [-0.2, 0) is 0 Å². The second-order valence-electron chi connectivity index (χ2n) is 4.22. The molecule has 108 valence electrons. The molecular weight excluding hydrogens is 304 g/mol. The van der Waals surface area contributed by atoms with Gasteiger partial charge in [0.25, 0.3) is 0 Å². The van der Waals surface area contributed by atoms with Crippen LogP contribution in [0.25, 0.3) is 6.08 Å². The van der Waals surface area contributed by atoms with E-state index in [0.717, 1.165) is 16.1 Å². The summed E-state index contributed by atoms with van der Waals surface area (Å²) >= 11 is 7.44. The van der Waals surface area contributed by atoms with Crippen molar-refractivity contribution in [3.05, 3.63) is 65.3 Å². The molecule has 0 spiro atoms. The van der Waals surface area contributed by atoms with Crippen molar-refractivity contribution < 1.29 is 4.79 Å². The number of thioether (sulfide) groups is 1. The highest BCUT2D eigenvalue weighted by atomic mass is 35.5. The van der Waals surface area contributed by atoms with E-state index in [4.69, 9.17) is 11.6 Å². The largest absolute Gasteiger partial charge is 0.323 e. The lowest BCUT2D eigenvalue weighted by Gasteiger charge is -2.05. The maximum absolute atomic E-state index is 11.8. The Balaban J connectivity index is 1.88. The number of halogens is 1. The van der Waals surface area contributed by atoms with Crippen molar-refractivity contribution in [2.24, 2.45) is 0 Å². The van der Waals surface area contributed by atoms with E-state index < -0.39 is 0 Å². The van der Waals surface area contributed by atoms with E-state index in [2.05, 4.69) is 10.6 Å². The first-order valence-electron chi connectivity index (χ1n) is 6.31. The third-order valence-electron chi connectivity index (χ3n) is 2.69. The number of carbonyl (C=O) groups is 1. The lowest BCUT2D eigenvalue weighted by atomic mass is 10.2. The van der Waals surface area contributed by atoms with Crippen LogP contribution in [0.2, 0.25) is 5.02 Å². The molecule has 5 heteroatoms. The first kappa shape index (κ1) is 15.5. The quantitative estimate of drug-likeness (QED) is 0.791. The number of rotatable bonds is 4. The van der Waals surface area contributed by atoms with E-state index in [1.165, 1.54) is 0 Å². The Bertz CT molecular complexity index is 641. The van der Waals surface area contributed by atoms with Crippen LogP contribution in [-0.4, -0.2) is 12.3 Å². The van der Waals surface area contributed by atoms with Crippen LogP contribution >= 0.6 is 23.4 Å². The van der Waals surface area contributed by atoms with Crippen LogP contribution in [0, 0.1) is 0 Å². The van der Waals surface area contributed by atoms with Crippen LogP contribution in [0.15, 0.2) is 59.6 Å². The Labute approximate surface area is 133 Å². The second-order valence-corrected chi connectivity index (χ2v) is 5.53. The number of benzene rings is 2. The summed E-state index contributed by atoms with van der Waals surface area (Å²) in [7, 11) is 0. The smallest absolute Gasteiger partial charge is 0.314 e. The first-order valence-corrected chi connectivity index (χ1v) is 7.91. The van der Waals surface area contributed by atoms with Gasteiger partial charge in [0.2, 0.25) is 0 Å². The van der Waals surface area contributed by atoms with Crippen LogP contribution in [0.4, 0.5) is 10.5 Å². The second kappa shape index (κ2) is 7.76. The van der Waals surface area contributed by atoms with Gasteiger partial charge in [0.15, 0.2) is 0 Å². The Morgan fingerprint density at radius 2 is 1.95 bits per heavy atom. The fraction of sp³-hybridized carbons (Fsp3) is 0.0625. The zero-order valence-electron chi connectivity index (χ0n) is 11.5. The van der Waals surface area contributed by atoms with Crippen molar-refractivity contribution >= 4 is 41.2 Å². The summed E-state index contributed by atoms with van der Waals surface area (Å²) in [6.45, 7) is 0. The van der Waals surface area contributed by atoms with Crippen molar-refractivity contribution in [2.45, 2.75) is 4.90 Å². The van der Waals surface area contributed by atoms with Gasteiger partial charge in [-0.2, -0.15) is 0 Å². The maximum atomic E-state index is 11.8. The third kappa shape index (κ3) is 5.17. The summed E-state index contributed by atoms with van der Waals surface area (Å²) in [4.78, 5) is 12.9. The summed E-state index contributed by atoms with van der Waals surface area (Å²) in [6, 6.07) is 14.7. The molecule has 0 saturated carbocycles. The molecule has 21 heavy (non-hydrogen) atoms. The van der Waals surface area contributed by atoms with Gasteiger partial charge in [-0.1, -0.05) is 29.8 Å². The summed E-state index contributed by atoms with van der Waals surface area (Å²) in [5.74, 6) is 0. The standard InChI is InChI=1S/C16H15ClN2OS/c1-21-15-4-2-3-14(11-15)19-16(20)18-10-9-12-5-7-13(17)8-6-12/h2-11H,1H3,(H2,18,19,20)/b10-9+. The average Bonchev–Trinajstić information content (AvgIpc) is 2.49. The van der Waals surface area contributed by atoms with Gasteiger partial charge in [0.1, 0.15) is 0 Å². The molecule has 0 aliphatic carbocycles. The zero-order valence-corrected chi connectivity index (χ0v) is 13.0. The molecule has 0 unspecified atom stereocenters. The van der Waals surface area contributed by atoms with Gasteiger partial charge >= 0.3 is 6.03 Å². The first-order chi connectivity index (χ1) is 10.2.